The van der Waals surface area contributed by atoms with Crippen LogP contribution in [0.3, 0.4) is 0 Å². The third kappa shape index (κ3) is 4.60. The van der Waals surface area contributed by atoms with Crippen molar-refractivity contribution in [1.82, 2.24) is 4.98 Å². The van der Waals surface area contributed by atoms with Crippen LogP contribution in [-0.4, -0.2) is 28.7 Å². The van der Waals surface area contributed by atoms with Crippen LogP contribution in [0, 0.1) is 0 Å². The summed E-state index contributed by atoms with van der Waals surface area (Å²) in [7, 11) is 0. The Morgan fingerprint density at radius 2 is 1.88 bits per heavy atom. The van der Waals surface area contributed by atoms with Crippen molar-refractivity contribution < 1.29 is 18.7 Å². The number of carbonyl (C=O) groups excluding carboxylic acids is 2. The van der Waals surface area contributed by atoms with Gasteiger partial charge in [-0.15, -0.1) is 0 Å². The van der Waals surface area contributed by atoms with Gasteiger partial charge in [0.2, 0.25) is 0 Å². The molecule has 6 nitrogen and oxygen atoms in total. The second kappa shape index (κ2) is 7.85. The van der Waals surface area contributed by atoms with E-state index in [0.29, 0.717) is 16.5 Å². The van der Waals surface area contributed by atoms with Gasteiger partial charge in [0.1, 0.15) is 11.3 Å². The fourth-order valence-corrected chi connectivity index (χ4v) is 2.70. The highest BCUT2D eigenvalue weighted by molar-refractivity contribution is 7.99. The van der Waals surface area contributed by atoms with Gasteiger partial charge in [0, 0.05) is 5.69 Å². The summed E-state index contributed by atoms with van der Waals surface area (Å²) < 4.78 is 10.7. The number of nitrogens with one attached hydrogen (secondary N) is 1. The van der Waals surface area contributed by atoms with E-state index in [1.165, 1.54) is 6.92 Å². The lowest BCUT2D eigenvalue weighted by molar-refractivity contribution is -0.150. The summed E-state index contributed by atoms with van der Waals surface area (Å²) in [5.41, 5.74) is 2.04. The van der Waals surface area contributed by atoms with E-state index in [9.17, 15) is 9.59 Å². The molecule has 0 aliphatic heterocycles. The van der Waals surface area contributed by atoms with Gasteiger partial charge in [0.15, 0.2) is 11.7 Å². The number of benzene rings is 2. The van der Waals surface area contributed by atoms with Crippen molar-refractivity contribution >= 4 is 40.4 Å². The predicted molar refractivity (Wildman–Crippen MR) is 95.4 cm³/mol. The van der Waals surface area contributed by atoms with Gasteiger partial charge in [-0.1, -0.05) is 42.1 Å². The SMILES string of the molecule is C[C@H](OC(=O)CSc1nc2ccccc2o1)C(=O)Nc1ccccc1. The van der Waals surface area contributed by atoms with Crippen LogP contribution in [0.15, 0.2) is 64.2 Å². The van der Waals surface area contributed by atoms with Gasteiger partial charge in [0.05, 0.1) is 0 Å². The molecule has 0 fully saturated rings. The number of nitrogens with zero attached hydrogens (tertiary/aromatic N) is 1. The lowest BCUT2D eigenvalue weighted by Gasteiger charge is -2.13. The van der Waals surface area contributed by atoms with E-state index in [1.807, 2.05) is 36.4 Å². The number of ether oxygens (including phenoxy) is 1. The van der Waals surface area contributed by atoms with Crippen LogP contribution in [0.1, 0.15) is 6.92 Å². The molecule has 0 spiro atoms. The molecule has 0 aliphatic rings. The quantitative estimate of drug-likeness (QED) is 0.538. The van der Waals surface area contributed by atoms with Gasteiger partial charge in [-0.2, -0.15) is 0 Å². The molecule has 0 aliphatic carbocycles. The summed E-state index contributed by atoms with van der Waals surface area (Å²) in [6.45, 7) is 1.53. The largest absolute Gasteiger partial charge is 0.452 e. The highest BCUT2D eigenvalue weighted by Gasteiger charge is 2.18. The van der Waals surface area contributed by atoms with Crippen LogP contribution in [0.2, 0.25) is 0 Å². The van der Waals surface area contributed by atoms with Crippen molar-refractivity contribution in [3.63, 3.8) is 0 Å². The average Bonchev–Trinajstić information content (AvgIpc) is 3.04. The Kier molecular flexibility index (Phi) is 5.35. The molecule has 2 aromatic carbocycles. The predicted octanol–water partition coefficient (Wildman–Crippen LogP) is 3.49. The first-order valence-corrected chi connectivity index (χ1v) is 8.64. The van der Waals surface area contributed by atoms with E-state index in [0.717, 1.165) is 17.3 Å². The summed E-state index contributed by atoms with van der Waals surface area (Å²) in [6.07, 6.45) is -0.892. The molecule has 128 valence electrons. The molecule has 0 radical (unpaired) electrons. The molecule has 0 saturated carbocycles. The Balaban J connectivity index is 1.49. The van der Waals surface area contributed by atoms with Crippen molar-refractivity contribution in [2.75, 3.05) is 11.1 Å². The fourth-order valence-electron chi connectivity index (χ4n) is 2.08. The first kappa shape index (κ1) is 17.0. The molecule has 1 N–H and O–H groups in total. The second-order valence-electron chi connectivity index (χ2n) is 5.22. The lowest BCUT2D eigenvalue weighted by atomic mass is 10.3. The van der Waals surface area contributed by atoms with Crippen LogP contribution in [0.25, 0.3) is 11.1 Å². The monoisotopic (exact) mass is 356 g/mol. The van der Waals surface area contributed by atoms with Crippen molar-refractivity contribution in [3.8, 4) is 0 Å². The Morgan fingerprint density at radius 1 is 1.16 bits per heavy atom. The lowest BCUT2D eigenvalue weighted by Crippen LogP contribution is -2.30. The van der Waals surface area contributed by atoms with Gasteiger partial charge < -0.3 is 14.5 Å². The van der Waals surface area contributed by atoms with Gasteiger partial charge in [-0.25, -0.2) is 4.98 Å². The number of thioether (sulfide) groups is 1. The second-order valence-corrected chi connectivity index (χ2v) is 6.15. The smallest absolute Gasteiger partial charge is 0.317 e. The molecule has 0 bridgehead atoms. The first-order valence-electron chi connectivity index (χ1n) is 7.65. The Hall–Kier alpha value is -2.80. The van der Waals surface area contributed by atoms with Crippen molar-refractivity contribution in [2.45, 2.75) is 18.3 Å². The molecule has 3 aromatic rings. The average molecular weight is 356 g/mol. The molecule has 1 amide bonds. The maximum atomic E-state index is 12.0. The number of hydrogen-bond donors (Lipinski definition) is 1. The molecule has 0 saturated heterocycles. The van der Waals surface area contributed by atoms with E-state index in [2.05, 4.69) is 10.3 Å². The number of aromatic nitrogens is 1. The summed E-state index contributed by atoms with van der Waals surface area (Å²) in [5.74, 6) is -0.884. The molecule has 1 aromatic heterocycles. The van der Waals surface area contributed by atoms with Gasteiger partial charge in [0.25, 0.3) is 11.1 Å². The van der Waals surface area contributed by atoms with Crippen LogP contribution in [0.5, 0.6) is 0 Å². The Morgan fingerprint density at radius 3 is 2.64 bits per heavy atom. The number of rotatable bonds is 6. The molecule has 1 atom stereocenters. The molecular formula is C18H16N2O4S. The maximum absolute atomic E-state index is 12.0. The van der Waals surface area contributed by atoms with E-state index >= 15 is 0 Å². The number of amides is 1. The van der Waals surface area contributed by atoms with Crippen LogP contribution < -0.4 is 5.32 Å². The Labute approximate surface area is 148 Å². The number of anilines is 1. The standard InChI is InChI=1S/C18H16N2O4S/c1-12(17(22)19-13-7-3-2-4-8-13)23-16(21)11-25-18-20-14-9-5-6-10-15(14)24-18/h2-10,12H,11H2,1H3,(H,19,22)/t12-/m0/s1. The molecule has 7 heteroatoms. The first-order chi connectivity index (χ1) is 12.1. The maximum Gasteiger partial charge on any atom is 0.317 e. The van der Waals surface area contributed by atoms with Gasteiger partial charge in [-0.3, -0.25) is 9.59 Å². The fraction of sp³-hybridized carbons (Fsp3) is 0.167. The summed E-state index contributed by atoms with van der Waals surface area (Å²) >= 11 is 1.13. The normalized spacial score (nSPS) is 11.9. The zero-order valence-electron chi connectivity index (χ0n) is 13.5. The van der Waals surface area contributed by atoms with Crippen LogP contribution in [0.4, 0.5) is 5.69 Å². The summed E-state index contributed by atoms with van der Waals surface area (Å²) in [6, 6.07) is 16.3. The van der Waals surface area contributed by atoms with E-state index in [4.69, 9.17) is 9.15 Å². The minimum Gasteiger partial charge on any atom is -0.452 e. The van der Waals surface area contributed by atoms with E-state index < -0.39 is 12.1 Å². The number of hydrogen-bond acceptors (Lipinski definition) is 6. The molecule has 1 heterocycles. The topological polar surface area (TPSA) is 81.4 Å². The highest BCUT2D eigenvalue weighted by atomic mass is 32.2. The number of esters is 1. The number of para-hydroxylation sites is 3. The zero-order chi connectivity index (χ0) is 17.6. The molecular weight excluding hydrogens is 340 g/mol. The van der Waals surface area contributed by atoms with Crippen LogP contribution >= 0.6 is 11.8 Å². The van der Waals surface area contributed by atoms with Crippen molar-refractivity contribution in [2.24, 2.45) is 0 Å². The molecule has 3 rings (SSSR count). The summed E-state index contributed by atoms with van der Waals surface area (Å²) in [4.78, 5) is 28.2. The third-order valence-electron chi connectivity index (χ3n) is 3.31. The van der Waals surface area contributed by atoms with Gasteiger partial charge >= 0.3 is 5.97 Å². The number of fused-ring (bicyclic) bond motifs is 1. The van der Waals surface area contributed by atoms with E-state index in [1.54, 1.807) is 18.2 Å². The van der Waals surface area contributed by atoms with Crippen molar-refractivity contribution in [1.29, 1.82) is 0 Å². The number of oxazole rings is 1. The summed E-state index contributed by atoms with van der Waals surface area (Å²) in [5, 5.41) is 3.07. The molecule has 25 heavy (non-hydrogen) atoms. The number of carbonyl (C=O) groups is 2. The zero-order valence-corrected chi connectivity index (χ0v) is 14.3. The molecule has 0 unspecified atom stereocenters. The third-order valence-corrected chi connectivity index (χ3v) is 4.11. The van der Waals surface area contributed by atoms with Crippen LogP contribution in [-0.2, 0) is 14.3 Å². The minimum atomic E-state index is -0.892. The van der Waals surface area contributed by atoms with Gasteiger partial charge in [-0.05, 0) is 31.2 Å². The van der Waals surface area contributed by atoms with E-state index in [-0.39, 0.29) is 11.7 Å². The minimum absolute atomic E-state index is 0.00970. The Bertz CT molecular complexity index is 846. The van der Waals surface area contributed by atoms with Crippen molar-refractivity contribution in [3.05, 3.63) is 54.6 Å². The highest BCUT2D eigenvalue weighted by Crippen LogP contribution is 2.23.